The number of aryl methyl sites for hydroxylation is 1. The summed E-state index contributed by atoms with van der Waals surface area (Å²) < 4.78 is 6.12. The fraction of sp³-hybridized carbons (Fsp3) is 0.333. The molecule has 9 nitrogen and oxygen atoms in total. The van der Waals surface area contributed by atoms with Crippen LogP contribution in [0, 0.1) is 5.41 Å². The Hall–Kier alpha value is -4.14. The summed E-state index contributed by atoms with van der Waals surface area (Å²) in [4.78, 5) is 29.9. The number of aromatic nitrogens is 4. The number of anilines is 2. The fourth-order valence-electron chi connectivity index (χ4n) is 5.24. The lowest BCUT2D eigenvalue weighted by molar-refractivity contribution is 0.209. The average molecular weight is 485 g/mol. The van der Waals surface area contributed by atoms with E-state index < -0.39 is 6.09 Å². The van der Waals surface area contributed by atoms with Gasteiger partial charge in [0.1, 0.15) is 24.5 Å². The van der Waals surface area contributed by atoms with Gasteiger partial charge in [-0.3, -0.25) is 5.32 Å². The molecule has 4 aromatic rings. The van der Waals surface area contributed by atoms with Crippen molar-refractivity contribution in [3.05, 3.63) is 59.5 Å². The highest BCUT2D eigenvalue weighted by Crippen LogP contribution is 2.39. The number of hydrogen-bond acceptors (Lipinski definition) is 6. The Morgan fingerprint density at radius 1 is 1.17 bits per heavy atom. The van der Waals surface area contributed by atoms with E-state index in [4.69, 9.17) is 14.8 Å². The Morgan fingerprint density at radius 3 is 2.86 bits per heavy atom. The molecule has 36 heavy (non-hydrogen) atoms. The molecule has 1 amide bonds. The van der Waals surface area contributed by atoms with Gasteiger partial charge in [-0.05, 0) is 60.1 Å². The van der Waals surface area contributed by atoms with Gasteiger partial charge in [0.25, 0.3) is 0 Å². The van der Waals surface area contributed by atoms with Crippen molar-refractivity contribution < 1.29 is 14.6 Å². The number of fused-ring (bicyclic) bond motifs is 3. The maximum atomic E-state index is 10.9. The number of nitrogens with zero attached hydrogens (tertiary/aromatic N) is 4. The maximum absolute atomic E-state index is 10.9. The Bertz CT molecular complexity index is 1480. The molecule has 0 saturated heterocycles. The zero-order valence-electron chi connectivity index (χ0n) is 20.3. The number of amides is 1. The molecule has 0 unspecified atom stereocenters. The summed E-state index contributed by atoms with van der Waals surface area (Å²) in [6.45, 7) is 6.68. The van der Waals surface area contributed by atoms with Gasteiger partial charge in [0.05, 0.1) is 17.6 Å². The third kappa shape index (κ3) is 4.21. The second-order valence-electron chi connectivity index (χ2n) is 10.3. The zero-order valence-corrected chi connectivity index (χ0v) is 20.3. The van der Waals surface area contributed by atoms with Crippen molar-refractivity contribution in [1.29, 1.82) is 0 Å². The number of rotatable bonds is 3. The second-order valence-corrected chi connectivity index (χ2v) is 10.3. The molecular weight excluding hydrogens is 456 g/mol. The average Bonchev–Trinajstić information content (AvgIpc) is 3.11. The molecule has 184 valence electrons. The first-order valence-electron chi connectivity index (χ1n) is 12.2. The number of H-pyrrole nitrogens is 1. The molecule has 0 fully saturated rings. The van der Waals surface area contributed by atoms with Crippen molar-refractivity contribution in [2.45, 2.75) is 39.7 Å². The van der Waals surface area contributed by atoms with Gasteiger partial charge in [0.2, 0.25) is 5.95 Å². The molecule has 3 heterocycles. The molecule has 1 aliphatic carbocycles. The van der Waals surface area contributed by atoms with Crippen LogP contribution >= 0.6 is 0 Å². The van der Waals surface area contributed by atoms with Crippen molar-refractivity contribution in [2.24, 2.45) is 5.41 Å². The lowest BCUT2D eigenvalue weighted by Crippen LogP contribution is -2.31. The van der Waals surface area contributed by atoms with Gasteiger partial charge in [-0.15, -0.1) is 0 Å². The van der Waals surface area contributed by atoms with E-state index in [0.717, 1.165) is 59.6 Å². The highest BCUT2D eigenvalue weighted by Gasteiger charge is 2.30. The zero-order chi connectivity index (χ0) is 24.9. The second kappa shape index (κ2) is 8.51. The normalized spacial score (nSPS) is 16.6. The Labute approximate surface area is 208 Å². The quantitative estimate of drug-likeness (QED) is 0.374. The van der Waals surface area contributed by atoms with E-state index in [0.29, 0.717) is 18.7 Å². The first kappa shape index (κ1) is 22.3. The Kier molecular flexibility index (Phi) is 5.28. The summed E-state index contributed by atoms with van der Waals surface area (Å²) in [6.07, 6.45) is 3.65. The minimum absolute atomic E-state index is 0.206. The van der Waals surface area contributed by atoms with Crippen LogP contribution in [0.4, 0.5) is 16.6 Å². The summed E-state index contributed by atoms with van der Waals surface area (Å²) in [5.41, 5.74) is 7.30. The number of nitrogens with one attached hydrogen (secondary N) is 2. The lowest BCUT2D eigenvalue weighted by Gasteiger charge is -2.33. The summed E-state index contributed by atoms with van der Waals surface area (Å²) in [5, 5.41) is 11.2. The van der Waals surface area contributed by atoms with E-state index in [9.17, 15) is 4.79 Å². The van der Waals surface area contributed by atoms with E-state index in [1.807, 2.05) is 24.3 Å². The summed E-state index contributed by atoms with van der Waals surface area (Å²) in [6, 6.07) is 12.1. The van der Waals surface area contributed by atoms with Crippen LogP contribution in [0.3, 0.4) is 0 Å². The van der Waals surface area contributed by atoms with Crippen LogP contribution in [-0.2, 0) is 19.4 Å². The van der Waals surface area contributed by atoms with Crippen LogP contribution in [0.15, 0.2) is 42.7 Å². The molecule has 0 radical (unpaired) electrons. The minimum atomic E-state index is -1.15. The molecule has 0 atom stereocenters. The van der Waals surface area contributed by atoms with Crippen LogP contribution in [0.1, 0.15) is 37.1 Å². The highest BCUT2D eigenvalue weighted by atomic mass is 16.5. The number of carbonyl (C=O) groups is 1. The fourth-order valence-corrected chi connectivity index (χ4v) is 5.24. The number of aromatic amines is 1. The molecule has 0 bridgehead atoms. The van der Waals surface area contributed by atoms with E-state index in [1.165, 1.54) is 11.3 Å². The first-order chi connectivity index (χ1) is 17.3. The summed E-state index contributed by atoms with van der Waals surface area (Å²) >= 11 is 0. The molecule has 9 heteroatoms. The number of hydrogen-bond donors (Lipinski definition) is 3. The van der Waals surface area contributed by atoms with Gasteiger partial charge in [0, 0.05) is 23.4 Å². The van der Waals surface area contributed by atoms with E-state index >= 15 is 0 Å². The number of ether oxygens (including phenoxy) is 1. The van der Waals surface area contributed by atoms with Crippen molar-refractivity contribution in [2.75, 3.05) is 23.4 Å². The topological polar surface area (TPSA) is 116 Å². The van der Waals surface area contributed by atoms with Gasteiger partial charge >= 0.3 is 6.09 Å². The number of carboxylic acid groups (broad SMARTS) is 1. The van der Waals surface area contributed by atoms with Crippen LogP contribution in [-0.4, -0.2) is 44.3 Å². The highest BCUT2D eigenvalue weighted by molar-refractivity contribution is 5.87. The lowest BCUT2D eigenvalue weighted by atomic mass is 9.76. The number of imidazole rings is 1. The SMILES string of the molecule is CC1(C)CCc2ncnc(N3CCOc4ccc(-c5ccc6nc(NC(=O)O)[nH]c6c5)cc4C3)c2C1. The largest absolute Gasteiger partial charge is 0.491 e. The maximum Gasteiger partial charge on any atom is 0.411 e. The van der Waals surface area contributed by atoms with Crippen molar-refractivity contribution in [1.82, 2.24) is 19.9 Å². The first-order valence-corrected chi connectivity index (χ1v) is 12.2. The van der Waals surface area contributed by atoms with Crippen LogP contribution in [0.25, 0.3) is 22.2 Å². The third-order valence-corrected chi connectivity index (χ3v) is 7.09. The van der Waals surface area contributed by atoms with E-state index in [1.54, 1.807) is 6.33 Å². The van der Waals surface area contributed by atoms with Gasteiger partial charge in [-0.1, -0.05) is 26.0 Å². The molecule has 2 aromatic carbocycles. The van der Waals surface area contributed by atoms with Gasteiger partial charge in [0.15, 0.2) is 0 Å². The van der Waals surface area contributed by atoms with Crippen molar-refractivity contribution in [3.8, 4) is 16.9 Å². The minimum Gasteiger partial charge on any atom is -0.491 e. The number of benzene rings is 2. The predicted molar refractivity (Wildman–Crippen MR) is 138 cm³/mol. The molecule has 0 spiro atoms. The molecule has 0 saturated carbocycles. The third-order valence-electron chi connectivity index (χ3n) is 7.09. The van der Waals surface area contributed by atoms with Gasteiger partial charge in [-0.2, -0.15) is 0 Å². The molecule has 3 N–H and O–H groups in total. The Balaban J connectivity index is 1.33. The van der Waals surface area contributed by atoms with E-state index in [2.05, 4.69) is 51.1 Å². The standard InChI is InChI=1S/C27H28N6O3/c1-27(2)8-7-20-19(13-27)24(29-15-28-20)33-9-10-36-23-6-4-16(11-18(23)14-33)17-3-5-21-22(12-17)31-25(30-21)32-26(34)35/h3-6,11-12,15H,7-10,13-14H2,1-2H3,(H,34,35)(H2,30,31,32). The van der Waals surface area contributed by atoms with Gasteiger partial charge < -0.3 is 19.7 Å². The van der Waals surface area contributed by atoms with Crippen molar-refractivity contribution in [3.63, 3.8) is 0 Å². The molecule has 6 rings (SSSR count). The van der Waals surface area contributed by atoms with Crippen LogP contribution in [0.2, 0.25) is 0 Å². The molecular formula is C27H28N6O3. The monoisotopic (exact) mass is 484 g/mol. The molecule has 2 aliphatic rings. The smallest absolute Gasteiger partial charge is 0.411 e. The van der Waals surface area contributed by atoms with Crippen LogP contribution in [0.5, 0.6) is 5.75 Å². The van der Waals surface area contributed by atoms with E-state index in [-0.39, 0.29) is 11.4 Å². The van der Waals surface area contributed by atoms with Crippen LogP contribution < -0.4 is 15.0 Å². The molecule has 1 aliphatic heterocycles. The summed E-state index contributed by atoms with van der Waals surface area (Å²) in [5.74, 6) is 2.11. The Morgan fingerprint density at radius 2 is 2.00 bits per heavy atom. The summed E-state index contributed by atoms with van der Waals surface area (Å²) in [7, 11) is 0. The van der Waals surface area contributed by atoms with Crippen molar-refractivity contribution >= 4 is 28.9 Å². The predicted octanol–water partition coefficient (Wildman–Crippen LogP) is 5.02. The molecule has 2 aromatic heterocycles. The van der Waals surface area contributed by atoms with Gasteiger partial charge in [-0.25, -0.2) is 19.7 Å².